The molecule has 0 saturated carbocycles. The normalized spacial score (nSPS) is 14.4. The predicted molar refractivity (Wildman–Crippen MR) is 418 cm³/mol. The largest absolute Gasteiger partial charge is 0.472 e. The molecule has 590 valence electrons. The van der Waals surface area contributed by atoms with E-state index in [4.69, 9.17) is 37.0 Å². The standard InChI is InChI=1S/C83H146O17P2/c1-5-9-13-17-21-25-29-33-37-38-42-46-50-54-58-62-66-70-83(88)100-79(74-94-81(86)68-64-60-56-52-48-44-40-35-31-27-23-19-15-11-7-3)76-98-102(91,92)96-72-77(84)71-95-101(89,90)97-75-78(99-82(87)69-65-61-57-53-49-45-41-36-32-28-24-20-16-12-8-4)73-93-80(85)67-63-59-55-51-47-43-39-34-30-26-22-18-14-10-6-2/h21,23,25-28,30,32-33,35,37,40,42,46,54,58,77-79,84H,5-20,22,24,29,31,34,36,38-39,41,43-45,47-53,55-57,59-76H2,1-4H3,(H,89,90)(H,91,92)/b25-21-,27-23-,30-26-,32-28-,37-33-,40-35-,46-42-,58-54-/t77-,78+,79+/m0/s1. The molecule has 102 heavy (non-hydrogen) atoms. The van der Waals surface area contributed by atoms with Crippen molar-refractivity contribution in [2.75, 3.05) is 39.6 Å². The van der Waals surface area contributed by atoms with Gasteiger partial charge >= 0.3 is 39.5 Å². The Kier molecular flexibility index (Phi) is 72.3. The van der Waals surface area contributed by atoms with Crippen LogP contribution in [0.1, 0.15) is 349 Å². The van der Waals surface area contributed by atoms with Crippen molar-refractivity contribution in [3.05, 3.63) is 97.2 Å². The lowest BCUT2D eigenvalue weighted by atomic mass is 10.1. The van der Waals surface area contributed by atoms with Crippen LogP contribution in [-0.4, -0.2) is 96.7 Å². The molecule has 0 amide bonds. The van der Waals surface area contributed by atoms with Gasteiger partial charge in [-0.15, -0.1) is 0 Å². The fourth-order valence-corrected chi connectivity index (χ4v) is 12.3. The van der Waals surface area contributed by atoms with Gasteiger partial charge in [0.05, 0.1) is 26.4 Å². The summed E-state index contributed by atoms with van der Waals surface area (Å²) in [5.41, 5.74) is 0. The van der Waals surface area contributed by atoms with Crippen LogP contribution in [0.25, 0.3) is 0 Å². The highest BCUT2D eigenvalue weighted by Crippen LogP contribution is 2.45. The van der Waals surface area contributed by atoms with E-state index in [-0.39, 0.29) is 25.7 Å². The zero-order chi connectivity index (χ0) is 74.6. The second kappa shape index (κ2) is 75.2. The molecular formula is C83H146O17P2. The summed E-state index contributed by atoms with van der Waals surface area (Å²) in [6.45, 7) is 4.75. The number of phosphoric acid groups is 2. The van der Waals surface area contributed by atoms with Crippen LogP contribution in [0.3, 0.4) is 0 Å². The van der Waals surface area contributed by atoms with E-state index in [2.05, 4.69) is 113 Å². The minimum Gasteiger partial charge on any atom is -0.462 e. The number of hydrogen-bond donors (Lipinski definition) is 3. The fraction of sp³-hybridized carbons (Fsp3) is 0.759. The minimum atomic E-state index is -4.99. The van der Waals surface area contributed by atoms with Crippen molar-refractivity contribution in [1.29, 1.82) is 0 Å². The minimum absolute atomic E-state index is 0.0163. The van der Waals surface area contributed by atoms with Gasteiger partial charge in [0.1, 0.15) is 19.3 Å². The van der Waals surface area contributed by atoms with Gasteiger partial charge in [0, 0.05) is 25.7 Å². The van der Waals surface area contributed by atoms with Crippen LogP contribution >= 0.6 is 15.6 Å². The molecule has 0 aliphatic rings. The van der Waals surface area contributed by atoms with E-state index in [0.29, 0.717) is 32.1 Å². The van der Waals surface area contributed by atoms with E-state index in [0.717, 1.165) is 161 Å². The van der Waals surface area contributed by atoms with Gasteiger partial charge in [-0.1, -0.05) is 273 Å². The molecule has 19 heteroatoms. The summed E-state index contributed by atoms with van der Waals surface area (Å²) in [5, 5.41) is 10.6. The predicted octanol–water partition coefficient (Wildman–Crippen LogP) is 23.6. The molecule has 0 bridgehead atoms. The maximum atomic E-state index is 13.1. The third-order valence-corrected chi connectivity index (χ3v) is 18.9. The molecule has 0 radical (unpaired) electrons. The molecule has 0 aliphatic carbocycles. The summed E-state index contributed by atoms with van der Waals surface area (Å²) in [4.78, 5) is 73.0. The van der Waals surface area contributed by atoms with E-state index in [9.17, 15) is 43.2 Å². The average molecular weight is 1480 g/mol. The smallest absolute Gasteiger partial charge is 0.462 e. The number of carbonyl (C=O) groups is 4. The third kappa shape index (κ3) is 74.3. The molecule has 17 nitrogen and oxygen atoms in total. The Hall–Kier alpha value is -4.02. The molecule has 0 aromatic heterocycles. The summed E-state index contributed by atoms with van der Waals surface area (Å²) in [7, 11) is -9.97. The lowest BCUT2D eigenvalue weighted by Crippen LogP contribution is -2.30. The molecule has 0 spiro atoms. The summed E-state index contributed by atoms with van der Waals surface area (Å²) >= 11 is 0. The number of rotatable bonds is 76. The Morgan fingerprint density at radius 3 is 0.804 bits per heavy atom. The number of ether oxygens (including phenoxy) is 4. The van der Waals surface area contributed by atoms with Crippen LogP contribution in [0.2, 0.25) is 0 Å². The van der Waals surface area contributed by atoms with Gasteiger partial charge in [-0.25, -0.2) is 9.13 Å². The van der Waals surface area contributed by atoms with Crippen molar-refractivity contribution in [2.45, 2.75) is 367 Å². The summed E-state index contributed by atoms with van der Waals surface area (Å²) in [6, 6.07) is 0. The molecule has 0 rings (SSSR count). The van der Waals surface area contributed by atoms with Crippen LogP contribution in [0, 0.1) is 0 Å². The molecule has 0 fully saturated rings. The average Bonchev–Trinajstić information content (AvgIpc) is 0.917. The molecule has 0 heterocycles. The topological polar surface area (TPSA) is 237 Å². The van der Waals surface area contributed by atoms with E-state index in [1.54, 1.807) is 0 Å². The lowest BCUT2D eigenvalue weighted by Gasteiger charge is -2.21. The number of phosphoric ester groups is 2. The molecule has 0 aromatic rings. The van der Waals surface area contributed by atoms with Gasteiger partial charge in [-0.05, 0) is 148 Å². The molecule has 5 atom stereocenters. The lowest BCUT2D eigenvalue weighted by molar-refractivity contribution is -0.161. The van der Waals surface area contributed by atoms with Gasteiger partial charge in [0.2, 0.25) is 0 Å². The second-order valence-electron chi connectivity index (χ2n) is 27.0. The quantitative estimate of drug-likeness (QED) is 0.0169. The van der Waals surface area contributed by atoms with E-state index >= 15 is 0 Å². The maximum absolute atomic E-state index is 13.1. The first-order valence-electron chi connectivity index (χ1n) is 40.5. The molecule has 0 aromatic carbocycles. The number of aliphatic hydroxyl groups is 1. The number of hydrogen-bond acceptors (Lipinski definition) is 15. The Morgan fingerprint density at radius 2 is 0.490 bits per heavy atom. The second-order valence-corrected chi connectivity index (χ2v) is 29.9. The van der Waals surface area contributed by atoms with E-state index in [1.807, 2.05) is 12.2 Å². The SMILES string of the molecule is CCCCC/C=C\C/C=C\C/C=C\C/C=C\CCCC(=O)O[C@H](COC(=O)CCCCCCC/C=C\C/C=C\CCCCC)COP(=O)(O)OC[C@@H](O)COP(=O)(O)OC[C@@H](COC(=O)CCCCCCCCC/C=C\CCCCCC)OC(=O)CCCCCCCCC/C=C\CCCCCC. The first-order chi connectivity index (χ1) is 49.7. The van der Waals surface area contributed by atoms with E-state index < -0.39 is 97.5 Å². The van der Waals surface area contributed by atoms with Crippen LogP contribution < -0.4 is 0 Å². The molecule has 2 unspecified atom stereocenters. The highest BCUT2D eigenvalue weighted by molar-refractivity contribution is 7.47. The summed E-state index contributed by atoms with van der Waals surface area (Å²) in [6.07, 6.45) is 79.5. The number of aliphatic hydroxyl groups excluding tert-OH is 1. The maximum Gasteiger partial charge on any atom is 0.472 e. The zero-order valence-electron chi connectivity index (χ0n) is 64.5. The van der Waals surface area contributed by atoms with Crippen LogP contribution in [0.15, 0.2) is 97.2 Å². The Bertz CT molecular complexity index is 2310. The number of carbonyl (C=O) groups excluding carboxylic acids is 4. The highest BCUT2D eigenvalue weighted by atomic mass is 31.2. The zero-order valence-corrected chi connectivity index (χ0v) is 66.3. The summed E-state index contributed by atoms with van der Waals surface area (Å²) in [5.74, 6) is -2.25. The molecule has 3 N–H and O–H groups in total. The van der Waals surface area contributed by atoms with Crippen LogP contribution in [-0.2, 0) is 65.4 Å². The van der Waals surface area contributed by atoms with Crippen molar-refractivity contribution < 1.29 is 80.2 Å². The fourth-order valence-electron chi connectivity index (χ4n) is 10.8. The van der Waals surface area contributed by atoms with Crippen molar-refractivity contribution in [2.24, 2.45) is 0 Å². The van der Waals surface area contributed by atoms with Crippen molar-refractivity contribution >= 4 is 39.5 Å². The first kappa shape index (κ1) is 98.0. The monoisotopic (exact) mass is 1480 g/mol. The highest BCUT2D eigenvalue weighted by Gasteiger charge is 2.30. The molecule has 0 saturated heterocycles. The molecular weight excluding hydrogens is 1330 g/mol. The van der Waals surface area contributed by atoms with Gasteiger partial charge in [-0.2, -0.15) is 0 Å². The van der Waals surface area contributed by atoms with Crippen LogP contribution in [0.5, 0.6) is 0 Å². The van der Waals surface area contributed by atoms with Gasteiger partial charge in [-0.3, -0.25) is 37.3 Å². The first-order valence-corrected chi connectivity index (χ1v) is 43.5. The van der Waals surface area contributed by atoms with Crippen molar-refractivity contribution in [1.82, 2.24) is 0 Å². The van der Waals surface area contributed by atoms with Gasteiger partial charge in [0.15, 0.2) is 12.2 Å². The van der Waals surface area contributed by atoms with Gasteiger partial charge < -0.3 is 33.8 Å². The number of allylic oxidation sites excluding steroid dienone is 16. The number of unbranched alkanes of at least 4 members (excludes halogenated alkanes) is 34. The summed E-state index contributed by atoms with van der Waals surface area (Å²) < 4.78 is 68.6. The van der Waals surface area contributed by atoms with Crippen molar-refractivity contribution in [3.63, 3.8) is 0 Å². The Labute approximate surface area is 620 Å². The van der Waals surface area contributed by atoms with Crippen LogP contribution in [0.4, 0.5) is 0 Å². The van der Waals surface area contributed by atoms with Crippen molar-refractivity contribution in [3.8, 4) is 0 Å². The van der Waals surface area contributed by atoms with E-state index in [1.165, 1.54) is 103 Å². The Morgan fingerprint density at radius 1 is 0.275 bits per heavy atom. The Balaban J connectivity index is 5.42. The number of esters is 4. The molecule has 0 aliphatic heterocycles. The van der Waals surface area contributed by atoms with Gasteiger partial charge in [0.25, 0.3) is 0 Å². The third-order valence-electron chi connectivity index (χ3n) is 17.0.